The van der Waals surface area contributed by atoms with E-state index in [1.165, 1.54) is 0 Å². The lowest BCUT2D eigenvalue weighted by atomic mass is 10.1. The summed E-state index contributed by atoms with van der Waals surface area (Å²) in [6.45, 7) is 4.65. The number of aromatic nitrogens is 1. The Kier molecular flexibility index (Phi) is 6.74. The Morgan fingerprint density at radius 2 is 2.04 bits per heavy atom. The molecule has 0 radical (unpaired) electrons. The number of aliphatic imine (C=N–C) groups is 1. The molecule has 6 heteroatoms. The lowest BCUT2D eigenvalue weighted by molar-refractivity contribution is 0.655. The second-order valence-electron chi connectivity index (χ2n) is 5.43. The summed E-state index contributed by atoms with van der Waals surface area (Å²) in [6.07, 6.45) is 5.02. The van der Waals surface area contributed by atoms with Gasteiger partial charge in [0, 0.05) is 30.2 Å². The van der Waals surface area contributed by atoms with E-state index < -0.39 is 0 Å². The molecule has 6 N–H and O–H groups in total. The van der Waals surface area contributed by atoms with Crippen molar-refractivity contribution in [2.75, 3.05) is 19.3 Å². The minimum absolute atomic E-state index is 0.0481. The van der Waals surface area contributed by atoms with E-state index in [9.17, 15) is 0 Å². The van der Waals surface area contributed by atoms with E-state index in [0.29, 0.717) is 23.9 Å². The van der Waals surface area contributed by atoms with Crippen LogP contribution < -0.4 is 22.1 Å². The van der Waals surface area contributed by atoms with Crippen LogP contribution in [-0.2, 0) is 0 Å². The van der Waals surface area contributed by atoms with E-state index in [-0.39, 0.29) is 6.04 Å². The average Bonchev–Trinajstić information content (AvgIpc) is 2.62. The Morgan fingerprint density at radius 1 is 1.28 bits per heavy atom. The minimum atomic E-state index is -0.0481. The van der Waals surface area contributed by atoms with Gasteiger partial charge in [-0.25, -0.2) is 4.98 Å². The van der Waals surface area contributed by atoms with E-state index >= 15 is 0 Å². The van der Waals surface area contributed by atoms with Gasteiger partial charge in [0.1, 0.15) is 11.7 Å². The predicted octanol–water partition coefficient (Wildman–Crippen LogP) is 2.06. The van der Waals surface area contributed by atoms with Crippen molar-refractivity contribution in [1.82, 2.24) is 15.6 Å². The lowest BCUT2D eigenvalue weighted by Crippen LogP contribution is -2.19. The number of pyridine rings is 1. The van der Waals surface area contributed by atoms with Crippen LogP contribution in [0.25, 0.3) is 5.70 Å². The number of anilines is 1. The van der Waals surface area contributed by atoms with Gasteiger partial charge in [0.2, 0.25) is 0 Å². The van der Waals surface area contributed by atoms with E-state index in [0.717, 1.165) is 11.1 Å². The van der Waals surface area contributed by atoms with Crippen molar-refractivity contribution in [1.29, 1.82) is 0 Å². The van der Waals surface area contributed by atoms with Crippen LogP contribution in [0.2, 0.25) is 0 Å². The number of benzene rings is 1. The first kappa shape index (κ1) is 18.2. The van der Waals surface area contributed by atoms with Crippen molar-refractivity contribution in [3.05, 3.63) is 78.6 Å². The Balaban J connectivity index is 2.02. The molecular formula is C19H24N6. The zero-order valence-corrected chi connectivity index (χ0v) is 14.3. The summed E-state index contributed by atoms with van der Waals surface area (Å²) in [5, 5.41) is 6.18. The first-order valence-electron chi connectivity index (χ1n) is 7.97. The Bertz CT molecular complexity index is 752. The Morgan fingerprint density at radius 3 is 2.72 bits per heavy atom. The molecule has 6 nitrogen and oxygen atoms in total. The third-order valence-corrected chi connectivity index (χ3v) is 3.56. The van der Waals surface area contributed by atoms with Gasteiger partial charge in [-0.3, -0.25) is 4.99 Å². The van der Waals surface area contributed by atoms with Crippen LogP contribution in [0.4, 0.5) is 5.82 Å². The van der Waals surface area contributed by atoms with Gasteiger partial charge in [-0.1, -0.05) is 36.9 Å². The van der Waals surface area contributed by atoms with Crippen LogP contribution in [-0.4, -0.2) is 24.4 Å². The highest BCUT2D eigenvalue weighted by atomic mass is 14.9. The highest BCUT2D eigenvalue weighted by Gasteiger charge is 2.08. The molecule has 0 unspecified atom stereocenters. The molecule has 0 aliphatic heterocycles. The minimum Gasteiger partial charge on any atom is -0.384 e. The molecule has 0 bridgehead atoms. The van der Waals surface area contributed by atoms with Crippen molar-refractivity contribution in [2.45, 2.75) is 6.04 Å². The van der Waals surface area contributed by atoms with Crippen LogP contribution in [0.5, 0.6) is 0 Å². The van der Waals surface area contributed by atoms with Gasteiger partial charge in [-0.15, -0.1) is 0 Å². The van der Waals surface area contributed by atoms with Crippen LogP contribution in [0.3, 0.4) is 0 Å². The molecule has 2 aromatic rings. The highest BCUT2D eigenvalue weighted by Crippen LogP contribution is 2.16. The molecular weight excluding hydrogens is 312 g/mol. The van der Waals surface area contributed by atoms with Gasteiger partial charge in [0.25, 0.3) is 0 Å². The molecule has 0 aliphatic carbocycles. The second kappa shape index (κ2) is 9.24. The smallest absolute Gasteiger partial charge is 0.132 e. The van der Waals surface area contributed by atoms with E-state index in [1.807, 2.05) is 43.4 Å². The topological polar surface area (TPSA) is 101 Å². The Labute approximate surface area is 148 Å². The maximum Gasteiger partial charge on any atom is 0.132 e. The number of amidine groups is 1. The predicted molar refractivity (Wildman–Crippen MR) is 105 cm³/mol. The SMILES string of the molecule is C=C(NC=CC(N)=N[C@H](CNC)c1ccccc1)c1cccnc1N. The number of likely N-dealkylation sites (N-methyl/N-ethyl adjacent to an activating group) is 1. The van der Waals surface area contributed by atoms with Crippen LogP contribution in [0.1, 0.15) is 17.2 Å². The molecule has 0 aliphatic rings. The number of rotatable bonds is 8. The third kappa shape index (κ3) is 5.47. The normalized spacial score (nSPS) is 12.9. The van der Waals surface area contributed by atoms with Crippen LogP contribution in [0, 0.1) is 0 Å². The molecule has 2 rings (SSSR count). The summed E-state index contributed by atoms with van der Waals surface area (Å²) >= 11 is 0. The maximum absolute atomic E-state index is 6.03. The molecule has 1 atom stereocenters. The lowest BCUT2D eigenvalue weighted by Gasteiger charge is -2.13. The molecule has 130 valence electrons. The van der Waals surface area contributed by atoms with Gasteiger partial charge in [-0.05, 0) is 30.8 Å². The summed E-state index contributed by atoms with van der Waals surface area (Å²) < 4.78 is 0. The molecule has 1 heterocycles. The summed E-state index contributed by atoms with van der Waals surface area (Å²) in [5.41, 5.74) is 14.3. The van der Waals surface area contributed by atoms with Crippen LogP contribution in [0.15, 0.2) is 72.5 Å². The number of nitrogens with one attached hydrogen (secondary N) is 2. The Hall–Kier alpha value is -3.12. The molecule has 0 spiro atoms. The molecule has 1 aromatic heterocycles. The first-order chi connectivity index (χ1) is 12.1. The van der Waals surface area contributed by atoms with Gasteiger partial charge < -0.3 is 22.1 Å². The number of nitrogens with two attached hydrogens (primary N) is 2. The largest absolute Gasteiger partial charge is 0.384 e. The van der Waals surface area contributed by atoms with Crippen molar-refractivity contribution in [2.24, 2.45) is 10.7 Å². The fraction of sp³-hybridized carbons (Fsp3) is 0.158. The molecule has 0 saturated heterocycles. The average molecular weight is 336 g/mol. The number of hydrogen-bond donors (Lipinski definition) is 4. The molecule has 0 amide bonds. The number of hydrogen-bond acceptors (Lipinski definition) is 5. The van der Waals surface area contributed by atoms with Gasteiger partial charge >= 0.3 is 0 Å². The van der Waals surface area contributed by atoms with Crippen molar-refractivity contribution in [3.8, 4) is 0 Å². The van der Waals surface area contributed by atoms with Crippen LogP contribution >= 0.6 is 0 Å². The summed E-state index contributed by atoms with van der Waals surface area (Å²) in [5.74, 6) is 0.844. The summed E-state index contributed by atoms with van der Waals surface area (Å²) in [4.78, 5) is 8.60. The molecule has 0 fully saturated rings. The number of nitrogens with zero attached hydrogens (tertiary/aromatic N) is 2. The highest BCUT2D eigenvalue weighted by molar-refractivity contribution is 5.91. The standard InChI is InChI=1S/C19H24N6/c1-14(16-9-6-11-24-19(16)21)23-12-10-18(20)25-17(13-22-2)15-7-4-3-5-8-15/h3-12,17,22-23H,1,13H2,2H3,(H2,20,25)(H2,21,24)/t17-/m1/s1. The zero-order valence-electron chi connectivity index (χ0n) is 14.3. The first-order valence-corrected chi connectivity index (χ1v) is 7.97. The zero-order chi connectivity index (χ0) is 18.1. The molecule has 1 aromatic carbocycles. The fourth-order valence-electron chi connectivity index (χ4n) is 2.31. The monoisotopic (exact) mass is 336 g/mol. The van der Waals surface area contributed by atoms with Gasteiger partial charge in [-0.2, -0.15) is 0 Å². The quantitative estimate of drug-likeness (QED) is 0.437. The summed E-state index contributed by atoms with van der Waals surface area (Å²) in [6, 6.07) is 13.6. The van der Waals surface area contributed by atoms with Crippen molar-refractivity contribution >= 4 is 17.4 Å². The van der Waals surface area contributed by atoms with Gasteiger partial charge in [0.05, 0.1) is 6.04 Å². The molecule has 25 heavy (non-hydrogen) atoms. The van der Waals surface area contributed by atoms with Crippen molar-refractivity contribution in [3.63, 3.8) is 0 Å². The third-order valence-electron chi connectivity index (χ3n) is 3.56. The fourth-order valence-corrected chi connectivity index (χ4v) is 2.31. The van der Waals surface area contributed by atoms with E-state index in [4.69, 9.17) is 11.5 Å². The van der Waals surface area contributed by atoms with E-state index in [1.54, 1.807) is 24.5 Å². The van der Waals surface area contributed by atoms with E-state index in [2.05, 4.69) is 27.2 Å². The second-order valence-corrected chi connectivity index (χ2v) is 5.43. The maximum atomic E-state index is 6.03. The molecule has 0 saturated carbocycles. The number of nitrogen functional groups attached to an aromatic ring is 1. The van der Waals surface area contributed by atoms with Gasteiger partial charge in [0.15, 0.2) is 0 Å². The van der Waals surface area contributed by atoms with Crippen molar-refractivity contribution < 1.29 is 0 Å². The summed E-state index contributed by atoms with van der Waals surface area (Å²) in [7, 11) is 1.89.